The van der Waals surface area contributed by atoms with Gasteiger partial charge in [-0.1, -0.05) is 24.6 Å². The summed E-state index contributed by atoms with van der Waals surface area (Å²) in [7, 11) is -17.3. The Kier molecular flexibility index (Phi) is 20.6. The van der Waals surface area contributed by atoms with Crippen LogP contribution in [0.1, 0.15) is 76.3 Å². The molecule has 2 heterocycles. The highest BCUT2D eigenvalue weighted by Gasteiger charge is 2.48. The number of allylic oxidation sites excluding steroid dienone is 6. The van der Waals surface area contributed by atoms with E-state index >= 15 is 0 Å². The average molecular weight is 1030 g/mol. The number of carboxylic acids is 1. The maximum absolute atomic E-state index is 12.3. The fourth-order valence-electron chi connectivity index (χ4n) is 8.43. The molecule has 24 heteroatoms. The van der Waals surface area contributed by atoms with Gasteiger partial charge in [0.15, 0.2) is 5.71 Å². The van der Waals surface area contributed by atoms with E-state index in [1.54, 1.807) is 55.1 Å². The molecule has 0 bridgehead atoms. The van der Waals surface area contributed by atoms with Gasteiger partial charge >= 0.3 is 5.97 Å². The fraction of sp³-hybridized carbons (Fsp3) is 0.545. The summed E-state index contributed by atoms with van der Waals surface area (Å²) in [6.07, 6.45) is 10.0. The predicted octanol–water partition coefficient (Wildman–Crippen LogP) is 3.96. The van der Waals surface area contributed by atoms with E-state index < -0.39 is 78.6 Å². The van der Waals surface area contributed by atoms with Crippen LogP contribution >= 0.6 is 0 Å². The highest BCUT2D eigenvalue weighted by atomic mass is 32.2. The SMILES string of the molecule is COCCOCCOCCOCCC1(C)C(=CC=CC=CC2=[N+](CCCS(=O)(=O)O)c3ccc(S(=O)(=O)[O-])cc3C2(C)CCCS(=O)(=O)[O-])N(CCCCCC(=O)O)c2ccc(S(=O)(=O)[O-])cc21. The Balaban J connectivity index is 1.75. The maximum atomic E-state index is 12.3. The highest BCUT2D eigenvalue weighted by Crippen LogP contribution is 2.51. The van der Waals surface area contributed by atoms with E-state index in [2.05, 4.69) is 0 Å². The number of methoxy groups -OCH3 is 1. The Hall–Kier alpha value is -3.92. The molecule has 2 unspecified atom stereocenters. The number of anilines is 1. The summed E-state index contributed by atoms with van der Waals surface area (Å²) < 4.78 is 165. The second-order valence-corrected chi connectivity index (χ2v) is 22.6. The summed E-state index contributed by atoms with van der Waals surface area (Å²) in [5, 5.41) is 9.19. The fourth-order valence-corrected chi connectivity index (χ4v) is 10.4. The van der Waals surface area contributed by atoms with Crippen LogP contribution in [0.15, 0.2) is 82.3 Å². The van der Waals surface area contributed by atoms with Gasteiger partial charge in [0.1, 0.15) is 26.8 Å². The van der Waals surface area contributed by atoms with E-state index in [0.29, 0.717) is 92.6 Å². The van der Waals surface area contributed by atoms with Gasteiger partial charge in [-0.3, -0.25) is 9.35 Å². The number of hydrogen-bond acceptors (Lipinski definition) is 17. The quantitative estimate of drug-likeness (QED) is 0.0467. The maximum Gasteiger partial charge on any atom is 0.303 e. The Morgan fingerprint density at radius 2 is 1.31 bits per heavy atom. The highest BCUT2D eigenvalue weighted by molar-refractivity contribution is 7.86. The van der Waals surface area contributed by atoms with Gasteiger partial charge < -0.3 is 42.6 Å². The van der Waals surface area contributed by atoms with Crippen LogP contribution in [0.2, 0.25) is 0 Å². The zero-order valence-electron chi connectivity index (χ0n) is 38.2. The zero-order valence-corrected chi connectivity index (χ0v) is 41.5. The molecule has 4 rings (SSSR count). The summed E-state index contributed by atoms with van der Waals surface area (Å²) in [5.74, 6) is -2.29. The second kappa shape index (κ2) is 24.8. The molecule has 2 aliphatic rings. The normalized spacial score (nSPS) is 19.5. The molecule has 2 aromatic rings. The Bertz CT molecular complexity index is 2660. The average Bonchev–Trinajstić information content (AvgIpc) is 3.60. The first-order valence-corrected chi connectivity index (χ1v) is 27.8. The first-order chi connectivity index (χ1) is 31.8. The molecule has 0 saturated carbocycles. The van der Waals surface area contributed by atoms with Crippen molar-refractivity contribution >= 4 is 63.5 Å². The number of nitrogens with zero attached hydrogens (tertiary/aromatic N) is 2. The van der Waals surface area contributed by atoms with Gasteiger partial charge in [0.2, 0.25) is 5.69 Å². The van der Waals surface area contributed by atoms with Crippen LogP contribution in [-0.4, -0.2) is 151 Å². The monoisotopic (exact) mass is 1030 g/mol. The van der Waals surface area contributed by atoms with Gasteiger partial charge in [0.25, 0.3) is 10.1 Å². The Morgan fingerprint density at radius 1 is 0.706 bits per heavy atom. The molecule has 20 nitrogen and oxygen atoms in total. The number of aliphatic carboxylic acids is 1. The third-order valence-corrected chi connectivity index (χ3v) is 15.0. The first kappa shape index (κ1) is 56.7. The minimum Gasteiger partial charge on any atom is -0.748 e. The van der Waals surface area contributed by atoms with Crippen LogP contribution < -0.4 is 4.90 Å². The lowest BCUT2D eigenvalue weighted by molar-refractivity contribution is -0.437. The summed E-state index contributed by atoms with van der Waals surface area (Å²) in [5.41, 5.74) is 0.889. The van der Waals surface area contributed by atoms with Crippen LogP contribution in [0.3, 0.4) is 0 Å². The van der Waals surface area contributed by atoms with Crippen molar-refractivity contribution in [1.82, 2.24) is 0 Å². The second-order valence-electron chi connectivity index (χ2n) is 16.7. The number of ether oxygens (including phenoxy) is 4. The molecule has 0 amide bonds. The lowest BCUT2D eigenvalue weighted by atomic mass is 9.76. The summed E-state index contributed by atoms with van der Waals surface area (Å²) in [4.78, 5) is 12.2. The molecule has 2 N–H and O–H groups in total. The molecule has 0 spiro atoms. The lowest BCUT2D eigenvalue weighted by Crippen LogP contribution is -2.32. The first-order valence-electron chi connectivity index (χ1n) is 21.8. The van der Waals surface area contributed by atoms with Crippen molar-refractivity contribution in [2.45, 2.75) is 85.8 Å². The van der Waals surface area contributed by atoms with E-state index in [4.69, 9.17) is 18.9 Å². The predicted molar refractivity (Wildman–Crippen MR) is 247 cm³/mol. The Morgan fingerprint density at radius 3 is 1.90 bits per heavy atom. The smallest absolute Gasteiger partial charge is 0.303 e. The van der Waals surface area contributed by atoms with Crippen LogP contribution in [0, 0.1) is 0 Å². The summed E-state index contributed by atoms with van der Waals surface area (Å²) in [6, 6.07) is 7.83. The van der Waals surface area contributed by atoms with E-state index in [1.165, 1.54) is 24.3 Å². The molecule has 2 aromatic carbocycles. The molecule has 0 saturated heterocycles. The largest absolute Gasteiger partial charge is 0.748 e. The number of benzene rings is 2. The lowest BCUT2D eigenvalue weighted by Gasteiger charge is -2.30. The molecule has 2 atom stereocenters. The van der Waals surface area contributed by atoms with E-state index in [-0.39, 0.29) is 52.0 Å². The molecular weight excluding hydrogens is 973 g/mol. The third-order valence-electron chi connectivity index (χ3n) is 11.8. The Labute approximate surface area is 399 Å². The molecule has 0 aromatic heterocycles. The standard InChI is InChI=1S/C44H62N2O18S4/c1-43(19-10-30-65(49,50)51)36-32-34(67(55,56)57)15-17-38(36)46(22-11-31-66(52,53)54)40(43)12-6-4-7-13-41-44(2,20-23-62-26-27-64-29-28-63-25-24-61-3)37-33-35(68(58,59)60)16-18-39(37)45(41)21-9-5-8-14-42(47)48/h4,6-7,12-13,15-18,32-33H,5,8-11,14,19-31H2,1-3H3,(H4-,47,48,49,50,51,52,53,54,55,56,57,58,59,60)/p-2. The van der Waals surface area contributed by atoms with Crippen molar-refractivity contribution in [2.75, 3.05) is 82.9 Å². The molecule has 0 aliphatic carbocycles. The van der Waals surface area contributed by atoms with Crippen molar-refractivity contribution in [3.05, 3.63) is 83.6 Å². The molecule has 68 heavy (non-hydrogen) atoms. The number of carbonyl (C=O) groups is 1. The van der Waals surface area contributed by atoms with E-state index in [1.807, 2.05) is 11.8 Å². The topological polar surface area (TPSA) is 306 Å². The van der Waals surface area contributed by atoms with Gasteiger partial charge in [-0.05, 0) is 87.9 Å². The van der Waals surface area contributed by atoms with Crippen LogP contribution in [0.4, 0.5) is 11.4 Å². The van der Waals surface area contributed by atoms with Crippen molar-refractivity contribution in [2.24, 2.45) is 0 Å². The zero-order chi connectivity index (χ0) is 50.4. The minimum atomic E-state index is -4.96. The number of carboxylic acid groups (broad SMARTS) is 1. The van der Waals surface area contributed by atoms with Crippen LogP contribution in [0.25, 0.3) is 0 Å². The van der Waals surface area contributed by atoms with Crippen molar-refractivity contribution < 1.29 is 85.3 Å². The molecule has 2 aliphatic heterocycles. The summed E-state index contributed by atoms with van der Waals surface area (Å²) in [6.45, 7) is 6.27. The summed E-state index contributed by atoms with van der Waals surface area (Å²) >= 11 is 0. The van der Waals surface area contributed by atoms with Gasteiger partial charge in [-0.15, -0.1) is 0 Å². The number of unbranched alkanes of at least 4 members (excludes halogenated alkanes) is 2. The molecule has 0 radical (unpaired) electrons. The minimum absolute atomic E-state index is 0.0112. The molecule has 0 fully saturated rings. The third kappa shape index (κ3) is 16.3. The van der Waals surface area contributed by atoms with Crippen molar-refractivity contribution in [3.63, 3.8) is 0 Å². The van der Waals surface area contributed by atoms with Gasteiger partial charge in [-0.2, -0.15) is 13.0 Å². The molecule has 380 valence electrons. The van der Waals surface area contributed by atoms with Crippen LogP contribution in [-0.2, 0) is 75.0 Å². The number of fused-ring (bicyclic) bond motifs is 2. The number of rotatable bonds is 31. The van der Waals surface area contributed by atoms with E-state index in [0.717, 1.165) is 6.07 Å². The van der Waals surface area contributed by atoms with Gasteiger partial charge in [-0.25, -0.2) is 25.3 Å². The molecular formula is C44H60N2O18S4-2. The van der Waals surface area contributed by atoms with Crippen molar-refractivity contribution in [3.8, 4) is 0 Å². The van der Waals surface area contributed by atoms with E-state index in [9.17, 15) is 61.8 Å². The van der Waals surface area contributed by atoms with Gasteiger partial charge in [0, 0.05) is 73.4 Å². The van der Waals surface area contributed by atoms with Crippen LogP contribution in [0.5, 0.6) is 0 Å². The number of hydrogen-bond donors (Lipinski definition) is 2. The van der Waals surface area contributed by atoms with Crippen molar-refractivity contribution in [1.29, 1.82) is 0 Å². The van der Waals surface area contributed by atoms with Gasteiger partial charge in [0.05, 0.1) is 70.7 Å².